The first-order valence-corrected chi connectivity index (χ1v) is 9.64. The fourth-order valence-electron chi connectivity index (χ4n) is 3.36. The van der Waals surface area contributed by atoms with E-state index in [1.165, 1.54) is 30.0 Å². The van der Waals surface area contributed by atoms with Gasteiger partial charge < -0.3 is 15.2 Å². The molecule has 3 rings (SSSR count). The van der Waals surface area contributed by atoms with Gasteiger partial charge in [-0.15, -0.1) is 0 Å². The van der Waals surface area contributed by atoms with Crippen molar-refractivity contribution in [2.75, 3.05) is 7.05 Å². The average molecular weight is 429 g/mol. The predicted octanol–water partition coefficient (Wildman–Crippen LogP) is 3.44. The number of hydrogen-bond donors (Lipinski definition) is 2. The Bertz CT molecular complexity index is 1110. The molecule has 0 fully saturated rings. The van der Waals surface area contributed by atoms with Gasteiger partial charge in [-0.05, 0) is 23.3 Å². The Morgan fingerprint density at radius 1 is 1.23 bits per heavy atom. The highest BCUT2D eigenvalue weighted by molar-refractivity contribution is 6.31. The summed E-state index contributed by atoms with van der Waals surface area (Å²) in [4.78, 5) is 39.9. The first-order chi connectivity index (χ1) is 14.3. The second-order valence-electron chi connectivity index (χ2n) is 7.04. The molecule has 2 aromatic carbocycles. The third kappa shape index (κ3) is 4.77. The van der Waals surface area contributed by atoms with Gasteiger partial charge >= 0.3 is 0 Å². The molecule has 0 aliphatic carbocycles. The molecule has 0 aliphatic heterocycles. The van der Waals surface area contributed by atoms with Crippen molar-refractivity contribution in [2.24, 2.45) is 0 Å². The van der Waals surface area contributed by atoms with Gasteiger partial charge in [-0.1, -0.05) is 29.8 Å². The summed E-state index contributed by atoms with van der Waals surface area (Å²) in [5.74, 6) is -0.645. The van der Waals surface area contributed by atoms with Crippen molar-refractivity contribution in [3.8, 4) is 0 Å². The summed E-state index contributed by atoms with van der Waals surface area (Å²) < 4.78 is 0. The molecule has 0 saturated carbocycles. The van der Waals surface area contributed by atoms with Crippen molar-refractivity contribution < 1.29 is 14.5 Å². The first-order valence-electron chi connectivity index (χ1n) is 9.26. The summed E-state index contributed by atoms with van der Waals surface area (Å²) in [7, 11) is 1.57. The van der Waals surface area contributed by atoms with E-state index in [0.717, 1.165) is 16.5 Å². The largest absolute Gasteiger partial charge is 0.361 e. The fraction of sp³-hybridized carbons (Fsp3) is 0.238. The molecule has 0 bridgehead atoms. The minimum Gasteiger partial charge on any atom is -0.361 e. The van der Waals surface area contributed by atoms with Crippen LogP contribution in [-0.4, -0.2) is 39.7 Å². The second-order valence-corrected chi connectivity index (χ2v) is 7.45. The van der Waals surface area contributed by atoms with Crippen LogP contribution < -0.4 is 5.32 Å². The summed E-state index contributed by atoms with van der Waals surface area (Å²) in [6.07, 6.45) is 2.12. The third-order valence-electron chi connectivity index (χ3n) is 4.80. The molecular weight excluding hydrogens is 408 g/mol. The monoisotopic (exact) mass is 428 g/mol. The lowest BCUT2D eigenvalue weighted by molar-refractivity contribution is -0.384. The van der Waals surface area contributed by atoms with Gasteiger partial charge in [0.15, 0.2) is 0 Å². The van der Waals surface area contributed by atoms with Crippen LogP contribution in [0.2, 0.25) is 5.02 Å². The second kappa shape index (κ2) is 8.96. The zero-order valence-electron chi connectivity index (χ0n) is 16.5. The molecule has 0 spiro atoms. The number of fused-ring (bicyclic) bond motifs is 1. The number of rotatable bonds is 7. The summed E-state index contributed by atoms with van der Waals surface area (Å²) in [6, 6.07) is 11.0. The predicted molar refractivity (Wildman–Crippen MR) is 114 cm³/mol. The highest BCUT2D eigenvalue weighted by Gasteiger charge is 2.25. The maximum Gasteiger partial charge on any atom is 0.269 e. The molecule has 1 aromatic heterocycles. The average Bonchev–Trinajstić information content (AvgIpc) is 3.11. The molecule has 156 valence electrons. The number of para-hydroxylation sites is 1. The standard InChI is InChI=1S/C21H21ClN4O4/c1-13(27)24-20(10-14-11-23-19-6-4-3-5-17(14)19)21(28)25(2)12-15-9-16(26(29)30)7-8-18(15)22/h3-9,11,20,23H,10,12H2,1-2H3,(H,24,27). The van der Waals surface area contributed by atoms with Crippen LogP contribution >= 0.6 is 11.6 Å². The van der Waals surface area contributed by atoms with E-state index in [2.05, 4.69) is 10.3 Å². The molecule has 8 nitrogen and oxygen atoms in total. The number of nitrogens with one attached hydrogen (secondary N) is 2. The van der Waals surface area contributed by atoms with Crippen LogP contribution in [0.1, 0.15) is 18.1 Å². The molecule has 0 aliphatic rings. The van der Waals surface area contributed by atoms with Gasteiger partial charge in [-0.2, -0.15) is 0 Å². The number of H-pyrrole nitrogens is 1. The van der Waals surface area contributed by atoms with Gasteiger partial charge in [0.25, 0.3) is 5.69 Å². The number of likely N-dealkylation sites (N-methyl/N-ethyl adjacent to an activating group) is 1. The van der Waals surface area contributed by atoms with Crippen LogP contribution in [0.25, 0.3) is 10.9 Å². The maximum absolute atomic E-state index is 13.1. The van der Waals surface area contributed by atoms with Crippen molar-refractivity contribution in [1.29, 1.82) is 0 Å². The Labute approximate surface area is 178 Å². The smallest absolute Gasteiger partial charge is 0.269 e. The van der Waals surface area contributed by atoms with Gasteiger partial charge in [-0.3, -0.25) is 19.7 Å². The van der Waals surface area contributed by atoms with Crippen molar-refractivity contribution in [2.45, 2.75) is 25.9 Å². The lowest BCUT2D eigenvalue weighted by Gasteiger charge is -2.24. The van der Waals surface area contributed by atoms with E-state index in [9.17, 15) is 19.7 Å². The van der Waals surface area contributed by atoms with Crippen molar-refractivity contribution in [3.05, 3.63) is 74.9 Å². The van der Waals surface area contributed by atoms with Crippen LogP contribution in [0.3, 0.4) is 0 Å². The van der Waals surface area contributed by atoms with Crippen molar-refractivity contribution in [1.82, 2.24) is 15.2 Å². The summed E-state index contributed by atoms with van der Waals surface area (Å²) in [5.41, 5.74) is 2.19. The lowest BCUT2D eigenvalue weighted by Crippen LogP contribution is -2.47. The Morgan fingerprint density at radius 3 is 2.67 bits per heavy atom. The van der Waals surface area contributed by atoms with E-state index in [1.54, 1.807) is 7.05 Å². The minimum absolute atomic E-state index is 0.0727. The molecule has 3 aromatic rings. The zero-order chi connectivity index (χ0) is 21.8. The summed E-state index contributed by atoms with van der Waals surface area (Å²) in [5, 5.41) is 15.0. The topological polar surface area (TPSA) is 108 Å². The number of nitro benzene ring substituents is 1. The van der Waals surface area contributed by atoms with E-state index in [0.29, 0.717) is 17.0 Å². The number of aromatic nitrogens is 1. The van der Waals surface area contributed by atoms with Crippen LogP contribution in [0.4, 0.5) is 5.69 Å². The maximum atomic E-state index is 13.1. The molecule has 9 heteroatoms. The summed E-state index contributed by atoms with van der Waals surface area (Å²) >= 11 is 6.16. The number of carbonyl (C=O) groups excluding carboxylic acids is 2. The molecule has 0 saturated heterocycles. The molecule has 1 heterocycles. The van der Waals surface area contributed by atoms with Crippen LogP contribution in [0, 0.1) is 10.1 Å². The number of nitro groups is 1. The number of halogens is 1. The SMILES string of the molecule is CC(=O)NC(Cc1c[nH]c2ccccc12)C(=O)N(C)Cc1cc([N+](=O)[O-])ccc1Cl. The van der Waals surface area contributed by atoms with E-state index >= 15 is 0 Å². The lowest BCUT2D eigenvalue weighted by atomic mass is 10.0. The zero-order valence-corrected chi connectivity index (χ0v) is 17.3. The van der Waals surface area contributed by atoms with Gasteiger partial charge in [0.2, 0.25) is 11.8 Å². The Kier molecular flexibility index (Phi) is 6.37. The van der Waals surface area contributed by atoms with Crippen LogP contribution in [-0.2, 0) is 22.6 Å². The molecule has 2 N–H and O–H groups in total. The number of non-ortho nitro benzene ring substituents is 1. The van der Waals surface area contributed by atoms with Crippen LogP contribution in [0.15, 0.2) is 48.7 Å². The Hall–Kier alpha value is -3.39. The van der Waals surface area contributed by atoms with Gasteiger partial charge in [-0.25, -0.2) is 0 Å². The molecular formula is C21H21ClN4O4. The number of aromatic amines is 1. The van der Waals surface area contributed by atoms with E-state index < -0.39 is 11.0 Å². The molecule has 30 heavy (non-hydrogen) atoms. The molecule has 1 unspecified atom stereocenters. The number of amides is 2. The van der Waals surface area contributed by atoms with E-state index in [4.69, 9.17) is 11.6 Å². The molecule has 0 radical (unpaired) electrons. The summed E-state index contributed by atoms with van der Waals surface area (Å²) in [6.45, 7) is 1.43. The molecule has 1 atom stereocenters. The number of hydrogen-bond acceptors (Lipinski definition) is 4. The number of nitrogens with zero attached hydrogens (tertiary/aromatic N) is 2. The van der Waals surface area contributed by atoms with Gasteiger partial charge in [0.1, 0.15) is 6.04 Å². The third-order valence-corrected chi connectivity index (χ3v) is 5.17. The van der Waals surface area contributed by atoms with E-state index in [1.807, 2.05) is 30.5 Å². The first kappa shape index (κ1) is 21.3. The highest BCUT2D eigenvalue weighted by Crippen LogP contribution is 2.24. The van der Waals surface area contributed by atoms with Gasteiger partial charge in [0, 0.05) is 61.2 Å². The van der Waals surface area contributed by atoms with E-state index in [-0.39, 0.29) is 24.0 Å². The number of carbonyl (C=O) groups is 2. The minimum atomic E-state index is -0.788. The van der Waals surface area contributed by atoms with Crippen molar-refractivity contribution in [3.63, 3.8) is 0 Å². The quantitative estimate of drug-likeness (QED) is 0.443. The Morgan fingerprint density at radius 2 is 1.97 bits per heavy atom. The number of benzene rings is 2. The molecule has 2 amide bonds. The normalized spacial score (nSPS) is 11.8. The Balaban J connectivity index is 1.82. The van der Waals surface area contributed by atoms with Gasteiger partial charge in [0.05, 0.1) is 4.92 Å². The fourth-order valence-corrected chi connectivity index (χ4v) is 3.54. The highest BCUT2D eigenvalue weighted by atomic mass is 35.5. The van der Waals surface area contributed by atoms with Crippen LogP contribution in [0.5, 0.6) is 0 Å². The van der Waals surface area contributed by atoms with Crippen molar-refractivity contribution >= 4 is 40.0 Å².